The zero-order chi connectivity index (χ0) is 11.1. The number of pyridine rings is 1. The normalized spacial score (nSPS) is 11.1. The summed E-state index contributed by atoms with van der Waals surface area (Å²) in [5.41, 5.74) is 0.464. The fraction of sp³-hybridized carbons (Fsp3) is 0.0909. The number of carbonyl (C=O) groups excluding carboxylic acids is 1. The lowest BCUT2D eigenvalue weighted by atomic mass is 10.4. The number of anilines is 1. The third-order valence-electron chi connectivity index (χ3n) is 1.55. The summed E-state index contributed by atoms with van der Waals surface area (Å²) in [4.78, 5) is 14.6. The van der Waals surface area contributed by atoms with Crippen LogP contribution >= 0.6 is 0 Å². The molecule has 0 bridgehead atoms. The Morgan fingerprint density at radius 3 is 2.87 bits per heavy atom. The van der Waals surface area contributed by atoms with Crippen molar-refractivity contribution in [3.63, 3.8) is 0 Å². The van der Waals surface area contributed by atoms with Gasteiger partial charge < -0.3 is 5.32 Å². The Morgan fingerprint density at radius 2 is 2.27 bits per heavy atom. The largest absolute Gasteiger partial charge is 0.321 e. The summed E-state index contributed by atoms with van der Waals surface area (Å²) in [7, 11) is 0. The quantitative estimate of drug-likeness (QED) is 0.468. The molecule has 0 radical (unpaired) electrons. The van der Waals surface area contributed by atoms with Crippen LogP contribution in [0.4, 0.5) is 10.1 Å². The van der Waals surface area contributed by atoms with Crippen molar-refractivity contribution in [1.29, 1.82) is 0 Å². The first-order valence-corrected chi connectivity index (χ1v) is 4.44. The number of rotatable bonds is 3. The Bertz CT molecular complexity index is 382. The van der Waals surface area contributed by atoms with Gasteiger partial charge >= 0.3 is 0 Å². The molecule has 0 atom stereocenters. The van der Waals surface area contributed by atoms with Crippen molar-refractivity contribution in [2.75, 3.05) is 5.32 Å². The third-order valence-corrected chi connectivity index (χ3v) is 1.55. The van der Waals surface area contributed by atoms with Crippen LogP contribution in [-0.4, -0.2) is 10.9 Å². The van der Waals surface area contributed by atoms with E-state index in [0.717, 1.165) is 0 Å². The Kier molecular flexibility index (Phi) is 4.22. The lowest BCUT2D eigenvalue weighted by Gasteiger charge is -1.99. The van der Waals surface area contributed by atoms with Crippen LogP contribution in [0.1, 0.15) is 6.92 Å². The monoisotopic (exact) mass is 206 g/mol. The Balaban J connectivity index is 2.55. The predicted molar refractivity (Wildman–Crippen MR) is 56.8 cm³/mol. The highest BCUT2D eigenvalue weighted by Gasteiger charge is 1.97. The van der Waals surface area contributed by atoms with E-state index in [9.17, 15) is 9.18 Å². The highest BCUT2D eigenvalue weighted by Crippen LogP contribution is 2.04. The number of hydrogen-bond acceptors (Lipinski definition) is 2. The summed E-state index contributed by atoms with van der Waals surface area (Å²) in [5, 5.41) is 2.54. The topological polar surface area (TPSA) is 42.0 Å². The van der Waals surface area contributed by atoms with Gasteiger partial charge in [0.2, 0.25) is 11.9 Å². The van der Waals surface area contributed by atoms with Crippen LogP contribution in [-0.2, 0) is 4.79 Å². The van der Waals surface area contributed by atoms with Gasteiger partial charge in [0, 0.05) is 6.08 Å². The van der Waals surface area contributed by atoms with Crippen LogP contribution in [0.2, 0.25) is 0 Å². The highest BCUT2D eigenvalue weighted by molar-refractivity contribution is 5.99. The molecule has 1 rings (SSSR count). The number of carbonyl (C=O) groups is 1. The van der Waals surface area contributed by atoms with Gasteiger partial charge in [0.15, 0.2) is 0 Å². The Labute approximate surface area is 87.3 Å². The molecule has 0 saturated carbocycles. The summed E-state index contributed by atoms with van der Waals surface area (Å²) in [6.07, 6.45) is 7.80. The van der Waals surface area contributed by atoms with Gasteiger partial charge in [-0.3, -0.25) is 4.79 Å². The fourth-order valence-corrected chi connectivity index (χ4v) is 0.888. The molecular formula is C11H11FN2O. The third kappa shape index (κ3) is 4.17. The van der Waals surface area contributed by atoms with E-state index in [-0.39, 0.29) is 5.91 Å². The highest BCUT2D eigenvalue weighted by atomic mass is 19.1. The van der Waals surface area contributed by atoms with Crippen molar-refractivity contribution in [2.24, 2.45) is 0 Å². The maximum atomic E-state index is 12.4. The molecule has 1 heterocycles. The summed E-state index contributed by atoms with van der Waals surface area (Å²) < 4.78 is 12.4. The molecule has 15 heavy (non-hydrogen) atoms. The molecule has 3 nitrogen and oxygen atoms in total. The summed E-state index contributed by atoms with van der Waals surface area (Å²) in [6, 6.07) is 2.63. The van der Waals surface area contributed by atoms with Gasteiger partial charge in [-0.05, 0) is 19.1 Å². The molecule has 1 aromatic heterocycles. The van der Waals surface area contributed by atoms with Crippen molar-refractivity contribution in [2.45, 2.75) is 6.92 Å². The number of aromatic nitrogens is 1. The zero-order valence-electron chi connectivity index (χ0n) is 8.27. The van der Waals surface area contributed by atoms with E-state index in [1.54, 1.807) is 12.2 Å². The van der Waals surface area contributed by atoms with Crippen LogP contribution in [0.25, 0.3) is 0 Å². The molecule has 0 fully saturated rings. The molecule has 4 heteroatoms. The molecule has 0 aliphatic rings. The van der Waals surface area contributed by atoms with E-state index in [0.29, 0.717) is 5.69 Å². The maximum absolute atomic E-state index is 12.4. The van der Waals surface area contributed by atoms with E-state index >= 15 is 0 Å². The van der Waals surface area contributed by atoms with E-state index in [4.69, 9.17) is 0 Å². The molecular weight excluding hydrogens is 195 g/mol. The molecule has 1 aromatic rings. The molecule has 0 unspecified atom stereocenters. The van der Waals surface area contributed by atoms with Gasteiger partial charge in [0.25, 0.3) is 0 Å². The van der Waals surface area contributed by atoms with Crippen molar-refractivity contribution in [3.8, 4) is 0 Å². The number of hydrogen-bond donors (Lipinski definition) is 1. The number of allylic oxidation sites excluding steroid dienone is 3. The smallest absolute Gasteiger partial charge is 0.248 e. The molecule has 1 N–H and O–H groups in total. The zero-order valence-corrected chi connectivity index (χ0v) is 8.27. The minimum atomic E-state index is -0.572. The molecule has 0 aliphatic heterocycles. The summed E-state index contributed by atoms with van der Waals surface area (Å²) in [5.74, 6) is -0.848. The number of amides is 1. The molecule has 0 spiro atoms. The predicted octanol–water partition coefficient (Wildman–Crippen LogP) is 2.29. The van der Waals surface area contributed by atoms with E-state index in [2.05, 4.69) is 10.3 Å². The summed E-state index contributed by atoms with van der Waals surface area (Å²) in [6.45, 7) is 1.85. The van der Waals surface area contributed by atoms with Crippen molar-refractivity contribution < 1.29 is 9.18 Å². The van der Waals surface area contributed by atoms with E-state index in [1.807, 2.05) is 13.0 Å². The molecule has 1 amide bonds. The minimum absolute atomic E-state index is 0.276. The second kappa shape index (κ2) is 5.70. The number of nitrogens with one attached hydrogen (secondary N) is 1. The average Bonchev–Trinajstić information content (AvgIpc) is 2.22. The van der Waals surface area contributed by atoms with Crippen LogP contribution in [0, 0.1) is 5.95 Å². The van der Waals surface area contributed by atoms with Gasteiger partial charge in [-0.25, -0.2) is 4.98 Å². The van der Waals surface area contributed by atoms with Crippen molar-refractivity contribution >= 4 is 11.6 Å². The van der Waals surface area contributed by atoms with Gasteiger partial charge in [-0.2, -0.15) is 4.39 Å². The first-order valence-electron chi connectivity index (χ1n) is 4.44. The standard InChI is InChI=1S/C11H11FN2O/c1-2-3-4-5-11(15)14-9-6-7-10(12)13-8-9/h2-8H,1H3,(H,14,15)/b3-2+,5-4+. The van der Waals surface area contributed by atoms with Gasteiger partial charge in [0.1, 0.15) is 0 Å². The minimum Gasteiger partial charge on any atom is -0.321 e. The average molecular weight is 206 g/mol. The first-order chi connectivity index (χ1) is 7.22. The number of nitrogens with zero attached hydrogens (tertiary/aromatic N) is 1. The van der Waals surface area contributed by atoms with Crippen molar-refractivity contribution in [3.05, 3.63) is 48.6 Å². The number of halogens is 1. The second-order valence-corrected chi connectivity index (χ2v) is 2.74. The van der Waals surface area contributed by atoms with Crippen LogP contribution < -0.4 is 5.32 Å². The molecule has 0 saturated heterocycles. The van der Waals surface area contributed by atoms with Crippen LogP contribution in [0.15, 0.2) is 42.6 Å². The lowest BCUT2D eigenvalue weighted by Crippen LogP contribution is -2.07. The van der Waals surface area contributed by atoms with E-state index in [1.165, 1.54) is 24.4 Å². The van der Waals surface area contributed by atoms with Gasteiger partial charge in [0.05, 0.1) is 11.9 Å². The Hall–Kier alpha value is -1.97. The lowest BCUT2D eigenvalue weighted by molar-refractivity contribution is -0.111. The fourth-order valence-electron chi connectivity index (χ4n) is 0.888. The van der Waals surface area contributed by atoms with Crippen molar-refractivity contribution in [1.82, 2.24) is 4.98 Å². The van der Waals surface area contributed by atoms with E-state index < -0.39 is 5.95 Å². The van der Waals surface area contributed by atoms with Gasteiger partial charge in [-0.1, -0.05) is 18.2 Å². The maximum Gasteiger partial charge on any atom is 0.248 e. The molecule has 0 aliphatic carbocycles. The molecule has 0 aromatic carbocycles. The Morgan fingerprint density at radius 1 is 1.47 bits per heavy atom. The van der Waals surface area contributed by atoms with Crippen LogP contribution in [0.5, 0.6) is 0 Å². The van der Waals surface area contributed by atoms with Crippen LogP contribution in [0.3, 0.4) is 0 Å². The summed E-state index contributed by atoms with van der Waals surface area (Å²) >= 11 is 0. The SMILES string of the molecule is C/C=C/C=C/C(=O)Nc1ccc(F)nc1. The second-order valence-electron chi connectivity index (χ2n) is 2.74. The van der Waals surface area contributed by atoms with Gasteiger partial charge in [-0.15, -0.1) is 0 Å². The first kappa shape index (κ1) is 11.1. The molecule has 78 valence electrons.